The van der Waals surface area contributed by atoms with Crippen molar-refractivity contribution in [3.8, 4) is 11.5 Å². The average molecular weight is 462 g/mol. The Labute approximate surface area is 154 Å². The lowest BCUT2D eigenvalue weighted by Crippen LogP contribution is -2.25. The van der Waals surface area contributed by atoms with E-state index in [4.69, 9.17) is 9.47 Å². The predicted molar refractivity (Wildman–Crippen MR) is 98.6 cm³/mol. The van der Waals surface area contributed by atoms with Crippen molar-refractivity contribution in [2.24, 2.45) is 5.10 Å². The van der Waals surface area contributed by atoms with Gasteiger partial charge in [-0.2, -0.15) is 5.10 Å². The molecule has 5 nitrogen and oxygen atoms in total. The highest BCUT2D eigenvalue weighted by Crippen LogP contribution is 2.29. The first-order valence-electron chi connectivity index (χ1n) is 6.54. The zero-order valence-electron chi connectivity index (χ0n) is 12.4. The van der Waals surface area contributed by atoms with Gasteiger partial charge in [-0.25, -0.2) is 5.43 Å². The molecule has 2 aromatic rings. The number of benzene rings is 1. The smallest absolute Gasteiger partial charge is 0.277 e. The lowest BCUT2D eigenvalue weighted by molar-refractivity contribution is -0.123. The monoisotopic (exact) mass is 460 g/mol. The second kappa shape index (κ2) is 8.47. The molecule has 1 heterocycles. The quantitative estimate of drug-likeness (QED) is 0.518. The van der Waals surface area contributed by atoms with E-state index in [9.17, 15) is 4.79 Å². The number of amides is 1. The predicted octanol–water partition coefficient (Wildman–Crippen LogP) is 4.20. The first kappa shape index (κ1) is 18.0. The molecule has 1 aromatic heterocycles. The van der Waals surface area contributed by atoms with Crippen molar-refractivity contribution in [3.63, 3.8) is 0 Å². The minimum absolute atomic E-state index is 0.129. The van der Waals surface area contributed by atoms with Crippen LogP contribution >= 0.6 is 43.2 Å². The zero-order valence-corrected chi connectivity index (χ0v) is 16.4. The van der Waals surface area contributed by atoms with Crippen LogP contribution in [0.3, 0.4) is 0 Å². The van der Waals surface area contributed by atoms with Crippen molar-refractivity contribution in [1.82, 2.24) is 5.43 Å². The molecule has 1 amide bonds. The number of hydrogen-bond acceptors (Lipinski definition) is 5. The van der Waals surface area contributed by atoms with Gasteiger partial charge in [0, 0.05) is 0 Å². The van der Waals surface area contributed by atoms with E-state index in [1.807, 2.05) is 19.1 Å². The molecule has 0 spiro atoms. The summed E-state index contributed by atoms with van der Waals surface area (Å²) < 4.78 is 12.3. The Balaban J connectivity index is 1.88. The summed E-state index contributed by atoms with van der Waals surface area (Å²) in [5.41, 5.74) is 3.21. The Morgan fingerprint density at radius 1 is 1.30 bits per heavy atom. The van der Waals surface area contributed by atoms with Gasteiger partial charge >= 0.3 is 0 Å². The molecule has 23 heavy (non-hydrogen) atoms. The fourth-order valence-corrected chi connectivity index (χ4v) is 3.41. The number of rotatable bonds is 6. The molecule has 0 bridgehead atoms. The van der Waals surface area contributed by atoms with Gasteiger partial charge in [0.25, 0.3) is 5.91 Å². The van der Waals surface area contributed by atoms with Crippen molar-refractivity contribution >= 4 is 54.8 Å². The molecule has 0 unspecified atom stereocenters. The Morgan fingerprint density at radius 2 is 2.09 bits per heavy atom. The van der Waals surface area contributed by atoms with Crippen LogP contribution in [0.25, 0.3) is 0 Å². The molecule has 2 rings (SSSR count). The summed E-state index contributed by atoms with van der Waals surface area (Å²) in [5, 5.41) is 4.06. The highest BCUT2D eigenvalue weighted by molar-refractivity contribution is 9.11. The third kappa shape index (κ3) is 5.33. The van der Waals surface area contributed by atoms with E-state index in [1.54, 1.807) is 36.6 Å². The number of ether oxygens (including phenoxy) is 2. The van der Waals surface area contributed by atoms with Gasteiger partial charge < -0.3 is 9.47 Å². The molecule has 0 aliphatic rings. The van der Waals surface area contributed by atoms with Crippen LogP contribution in [0.5, 0.6) is 11.5 Å². The van der Waals surface area contributed by atoms with E-state index < -0.39 is 0 Å². The summed E-state index contributed by atoms with van der Waals surface area (Å²) in [5.74, 6) is 0.933. The fraction of sp³-hybridized carbons (Fsp3) is 0.200. The molecule has 0 saturated carbocycles. The van der Waals surface area contributed by atoms with Crippen molar-refractivity contribution in [3.05, 3.63) is 43.5 Å². The zero-order chi connectivity index (χ0) is 16.8. The Morgan fingerprint density at radius 3 is 2.70 bits per heavy atom. The summed E-state index contributed by atoms with van der Waals surface area (Å²) in [7, 11) is 1.59. The van der Waals surface area contributed by atoms with Gasteiger partial charge in [0.05, 0.1) is 26.0 Å². The third-order valence-corrected chi connectivity index (χ3v) is 5.13. The topological polar surface area (TPSA) is 59.9 Å². The third-order valence-electron chi connectivity index (χ3n) is 2.78. The standard InChI is InChI=1S/C15H14Br2N2O3S/c1-9(13-5-6-14(17)23-13)18-19-15(20)8-22-12-4-3-10(21-2)7-11(12)16/h3-7H,8H2,1-2H3,(H,19,20)/b18-9-. The number of hydrazone groups is 1. The molecule has 122 valence electrons. The highest BCUT2D eigenvalue weighted by Gasteiger charge is 2.07. The van der Waals surface area contributed by atoms with Gasteiger partial charge in [-0.1, -0.05) is 0 Å². The van der Waals surface area contributed by atoms with Gasteiger partial charge in [-0.15, -0.1) is 11.3 Å². The van der Waals surface area contributed by atoms with E-state index in [0.29, 0.717) is 16.0 Å². The van der Waals surface area contributed by atoms with E-state index in [1.165, 1.54) is 0 Å². The number of carbonyl (C=O) groups is 1. The summed E-state index contributed by atoms with van der Waals surface area (Å²) in [4.78, 5) is 12.8. The minimum Gasteiger partial charge on any atom is -0.497 e. The lowest BCUT2D eigenvalue weighted by atomic mass is 10.3. The van der Waals surface area contributed by atoms with Crippen molar-refractivity contribution in [1.29, 1.82) is 0 Å². The second-order valence-corrected chi connectivity index (χ2v) is 7.74. The number of nitrogens with zero attached hydrogens (tertiary/aromatic N) is 1. The molecule has 0 fully saturated rings. The van der Waals surface area contributed by atoms with Gasteiger partial charge in [0.2, 0.25) is 0 Å². The minimum atomic E-state index is -0.331. The number of methoxy groups -OCH3 is 1. The molecule has 0 atom stereocenters. The van der Waals surface area contributed by atoms with Gasteiger partial charge in [0.1, 0.15) is 11.5 Å². The number of nitrogens with one attached hydrogen (secondary N) is 1. The first-order valence-corrected chi connectivity index (χ1v) is 8.95. The van der Waals surface area contributed by atoms with Crippen molar-refractivity contribution in [2.45, 2.75) is 6.92 Å². The van der Waals surface area contributed by atoms with Crippen LogP contribution in [0.4, 0.5) is 0 Å². The maximum absolute atomic E-state index is 11.8. The van der Waals surface area contributed by atoms with Crippen LogP contribution in [0, 0.1) is 0 Å². The molecule has 0 radical (unpaired) electrons. The first-order chi connectivity index (χ1) is 11.0. The summed E-state index contributed by atoms with van der Waals surface area (Å²) in [6.45, 7) is 1.70. The number of halogens is 2. The normalized spacial score (nSPS) is 11.2. The second-order valence-electron chi connectivity index (χ2n) is 4.42. The highest BCUT2D eigenvalue weighted by atomic mass is 79.9. The van der Waals surface area contributed by atoms with Gasteiger partial charge in [-0.3, -0.25) is 4.79 Å². The fourth-order valence-electron chi connectivity index (χ4n) is 1.61. The SMILES string of the molecule is COc1ccc(OCC(=O)N/N=C(/C)c2ccc(Br)s2)c(Br)c1. The van der Waals surface area contributed by atoms with Crippen molar-refractivity contribution in [2.75, 3.05) is 13.7 Å². The molecule has 0 aliphatic heterocycles. The molecule has 1 N–H and O–H groups in total. The van der Waals surface area contributed by atoms with Gasteiger partial charge in [-0.05, 0) is 69.1 Å². The summed E-state index contributed by atoms with van der Waals surface area (Å²) in [6.07, 6.45) is 0. The van der Waals surface area contributed by atoms with Crippen LogP contribution in [0.2, 0.25) is 0 Å². The van der Waals surface area contributed by atoms with Crippen LogP contribution in [-0.2, 0) is 4.79 Å². The van der Waals surface area contributed by atoms with Crippen LogP contribution in [0.15, 0.2) is 43.7 Å². The van der Waals surface area contributed by atoms with E-state index >= 15 is 0 Å². The molecule has 8 heteroatoms. The summed E-state index contributed by atoms with van der Waals surface area (Å²) in [6, 6.07) is 9.13. The average Bonchev–Trinajstić information content (AvgIpc) is 2.97. The maximum Gasteiger partial charge on any atom is 0.277 e. The van der Waals surface area contributed by atoms with Crippen LogP contribution in [0.1, 0.15) is 11.8 Å². The van der Waals surface area contributed by atoms with Gasteiger partial charge in [0.15, 0.2) is 6.61 Å². The summed E-state index contributed by atoms with van der Waals surface area (Å²) >= 11 is 8.31. The largest absolute Gasteiger partial charge is 0.497 e. The van der Waals surface area contributed by atoms with Crippen LogP contribution in [-0.4, -0.2) is 25.3 Å². The number of carbonyl (C=O) groups excluding carboxylic acids is 1. The molecular formula is C15H14Br2N2O3S. The van der Waals surface area contributed by atoms with Crippen molar-refractivity contribution < 1.29 is 14.3 Å². The van der Waals surface area contributed by atoms with Crippen LogP contribution < -0.4 is 14.9 Å². The molecule has 0 aliphatic carbocycles. The van der Waals surface area contributed by atoms with E-state index in [2.05, 4.69) is 42.4 Å². The molecular weight excluding hydrogens is 448 g/mol. The van der Waals surface area contributed by atoms with E-state index in [-0.39, 0.29) is 12.5 Å². The Bertz CT molecular complexity index is 731. The number of thiophene rings is 1. The Hall–Kier alpha value is -1.38. The number of hydrogen-bond donors (Lipinski definition) is 1. The van der Waals surface area contributed by atoms with E-state index in [0.717, 1.165) is 14.4 Å². The molecule has 1 aromatic carbocycles. The molecule has 0 saturated heterocycles. The lowest BCUT2D eigenvalue weighted by Gasteiger charge is -2.08. The maximum atomic E-state index is 11.8. The Kier molecular flexibility index (Phi) is 6.61.